The van der Waals surface area contributed by atoms with Gasteiger partial charge in [0, 0.05) is 44.4 Å². The number of aromatic nitrogens is 2. The fraction of sp³-hybridized carbons (Fsp3) is 0.320. The molecule has 0 saturated carbocycles. The summed E-state index contributed by atoms with van der Waals surface area (Å²) < 4.78 is 21.0. The molecule has 174 valence electrons. The summed E-state index contributed by atoms with van der Waals surface area (Å²) in [6.45, 7) is 9.08. The number of halogens is 2. The molecule has 34 heavy (non-hydrogen) atoms. The van der Waals surface area contributed by atoms with Crippen LogP contribution in [0.25, 0.3) is 10.5 Å². The van der Waals surface area contributed by atoms with Crippen molar-refractivity contribution in [3.8, 4) is 11.4 Å². The van der Waals surface area contributed by atoms with E-state index < -0.39 is 11.6 Å². The van der Waals surface area contributed by atoms with Crippen molar-refractivity contribution in [1.29, 1.82) is 0 Å². The van der Waals surface area contributed by atoms with Crippen LogP contribution in [0.4, 0.5) is 10.1 Å². The van der Waals surface area contributed by atoms with Gasteiger partial charge in [-0.1, -0.05) is 23.7 Å². The molecular weight excluding hydrogens is 457 g/mol. The number of carbonyl (C=O) groups excluding carboxylic acids is 1. The monoisotopic (exact) mass is 479 g/mol. The highest BCUT2D eigenvalue weighted by atomic mass is 35.5. The Morgan fingerprint density at radius 2 is 2.06 bits per heavy atom. The number of likely N-dealkylation sites (tertiary alicyclic amines) is 1. The average Bonchev–Trinajstić information content (AvgIpc) is 3.39. The van der Waals surface area contributed by atoms with Gasteiger partial charge in [-0.05, 0) is 29.8 Å². The van der Waals surface area contributed by atoms with Crippen molar-refractivity contribution >= 4 is 23.2 Å². The standard InChI is InChI=1S/C25H23ClFN5O2/c1-28-25(15-17-3-5-18(27)6-4-17)7-11-31(12-8-25)24(33)23-16-29-20-13-19(26)21(14-22(20)34-23)32-10-2-9-30-32/h2-6,9-10,13-14,23,29H,7-8,11-12,15-16H2. The first kappa shape index (κ1) is 22.2. The maximum absolute atomic E-state index is 13.2. The number of amides is 1. The number of benzene rings is 2. The number of carbonyl (C=O) groups is 1. The molecule has 0 bridgehead atoms. The summed E-state index contributed by atoms with van der Waals surface area (Å²) in [7, 11) is 0. The van der Waals surface area contributed by atoms with Crippen LogP contribution >= 0.6 is 11.6 Å². The van der Waals surface area contributed by atoms with Gasteiger partial charge in [-0.25, -0.2) is 15.6 Å². The Kier molecular flexibility index (Phi) is 5.88. The molecule has 1 N–H and O–H groups in total. The van der Waals surface area contributed by atoms with E-state index in [4.69, 9.17) is 22.9 Å². The molecule has 1 saturated heterocycles. The molecule has 1 unspecified atom stereocenters. The van der Waals surface area contributed by atoms with Gasteiger partial charge in [-0.3, -0.25) is 4.79 Å². The first-order valence-corrected chi connectivity index (χ1v) is 11.5. The molecule has 3 aromatic rings. The average molecular weight is 480 g/mol. The molecule has 7 nitrogen and oxygen atoms in total. The lowest BCUT2D eigenvalue weighted by molar-refractivity contribution is -0.139. The Bertz CT molecular complexity index is 1230. The van der Waals surface area contributed by atoms with Gasteiger partial charge in [0.05, 0.1) is 29.4 Å². The van der Waals surface area contributed by atoms with E-state index in [0.29, 0.717) is 55.4 Å². The number of hydrogen-bond acceptors (Lipinski definition) is 4. The molecule has 3 heterocycles. The van der Waals surface area contributed by atoms with E-state index >= 15 is 0 Å². The van der Waals surface area contributed by atoms with Crippen LogP contribution in [-0.2, 0) is 11.2 Å². The van der Waals surface area contributed by atoms with Crippen LogP contribution in [0.3, 0.4) is 0 Å². The molecule has 1 fully saturated rings. The summed E-state index contributed by atoms with van der Waals surface area (Å²) in [5, 5.41) is 7.99. The maximum atomic E-state index is 13.2. The summed E-state index contributed by atoms with van der Waals surface area (Å²) >= 11 is 6.41. The summed E-state index contributed by atoms with van der Waals surface area (Å²) in [4.78, 5) is 18.9. The zero-order valence-electron chi connectivity index (χ0n) is 18.4. The van der Waals surface area contributed by atoms with Gasteiger partial charge < -0.3 is 19.8 Å². The normalized spacial score (nSPS) is 18.9. The Morgan fingerprint density at radius 1 is 1.29 bits per heavy atom. The van der Waals surface area contributed by atoms with Gasteiger partial charge in [-0.15, -0.1) is 0 Å². The molecule has 0 aliphatic carbocycles. The molecule has 5 rings (SSSR count). The molecule has 2 aliphatic rings. The number of anilines is 1. The Labute approximate surface area is 201 Å². The third kappa shape index (κ3) is 4.31. The number of hydrogen-bond donors (Lipinski definition) is 1. The van der Waals surface area contributed by atoms with Crippen molar-refractivity contribution in [2.24, 2.45) is 0 Å². The summed E-state index contributed by atoms with van der Waals surface area (Å²) in [5.74, 6) is 0.153. The Hall–Kier alpha value is -3.57. The number of rotatable bonds is 4. The maximum Gasteiger partial charge on any atom is 0.265 e. The third-order valence-electron chi connectivity index (χ3n) is 6.51. The molecule has 0 spiro atoms. The minimum atomic E-state index is -0.670. The predicted octanol–water partition coefficient (Wildman–Crippen LogP) is 4.36. The lowest BCUT2D eigenvalue weighted by Crippen LogP contribution is -2.52. The van der Waals surface area contributed by atoms with Gasteiger partial charge in [0.15, 0.2) is 6.10 Å². The van der Waals surface area contributed by atoms with Crippen LogP contribution in [0.1, 0.15) is 18.4 Å². The molecule has 1 amide bonds. The van der Waals surface area contributed by atoms with Crippen LogP contribution in [0, 0.1) is 12.4 Å². The molecule has 9 heteroatoms. The Balaban J connectivity index is 1.25. The third-order valence-corrected chi connectivity index (χ3v) is 6.81. The van der Waals surface area contributed by atoms with E-state index in [2.05, 4.69) is 15.3 Å². The van der Waals surface area contributed by atoms with Crippen molar-refractivity contribution in [3.63, 3.8) is 0 Å². The highest BCUT2D eigenvalue weighted by Crippen LogP contribution is 2.37. The molecule has 1 aromatic heterocycles. The number of ether oxygens (including phenoxy) is 1. The van der Waals surface area contributed by atoms with E-state index in [1.54, 1.807) is 52.3 Å². The smallest absolute Gasteiger partial charge is 0.265 e. The molecule has 1 atom stereocenters. The zero-order valence-corrected chi connectivity index (χ0v) is 19.1. The van der Waals surface area contributed by atoms with Gasteiger partial charge in [-0.2, -0.15) is 5.10 Å². The van der Waals surface area contributed by atoms with Crippen LogP contribution in [-0.4, -0.2) is 51.9 Å². The first-order chi connectivity index (χ1) is 16.5. The van der Waals surface area contributed by atoms with E-state index in [-0.39, 0.29) is 11.7 Å². The van der Waals surface area contributed by atoms with Crippen molar-refractivity contribution in [1.82, 2.24) is 14.7 Å². The Morgan fingerprint density at radius 3 is 2.74 bits per heavy atom. The van der Waals surface area contributed by atoms with Crippen LogP contribution in [0.15, 0.2) is 54.9 Å². The largest absolute Gasteiger partial charge is 0.476 e. The quantitative estimate of drug-likeness (QED) is 0.565. The fourth-order valence-corrected chi connectivity index (χ4v) is 4.81. The molecule has 2 aromatic carbocycles. The minimum Gasteiger partial charge on any atom is -0.476 e. The van der Waals surface area contributed by atoms with E-state index in [9.17, 15) is 9.18 Å². The van der Waals surface area contributed by atoms with Crippen molar-refractivity contribution < 1.29 is 13.9 Å². The number of nitrogens with zero attached hydrogens (tertiary/aromatic N) is 4. The van der Waals surface area contributed by atoms with E-state index in [1.807, 2.05) is 0 Å². The van der Waals surface area contributed by atoms with Crippen LogP contribution in [0.2, 0.25) is 5.02 Å². The fourth-order valence-electron chi connectivity index (χ4n) is 4.56. The van der Waals surface area contributed by atoms with Crippen molar-refractivity contribution in [2.45, 2.75) is 30.9 Å². The molecule has 0 radical (unpaired) electrons. The highest BCUT2D eigenvalue weighted by Gasteiger charge is 2.43. The number of nitrogens with one attached hydrogen (secondary N) is 1. The van der Waals surface area contributed by atoms with Gasteiger partial charge in [0.1, 0.15) is 11.6 Å². The summed E-state index contributed by atoms with van der Waals surface area (Å²) in [6.07, 6.45) is 4.46. The van der Waals surface area contributed by atoms with Crippen molar-refractivity contribution in [3.05, 3.63) is 82.7 Å². The van der Waals surface area contributed by atoms with Crippen LogP contribution < -0.4 is 10.1 Å². The summed E-state index contributed by atoms with van der Waals surface area (Å²) in [6, 6.07) is 11.6. The summed E-state index contributed by atoms with van der Waals surface area (Å²) in [5.41, 5.74) is 1.75. The molecular formula is C25H23ClFN5O2. The second-order valence-electron chi connectivity index (χ2n) is 8.70. The lowest BCUT2D eigenvalue weighted by atomic mass is 9.82. The van der Waals surface area contributed by atoms with Gasteiger partial charge in [0.2, 0.25) is 5.54 Å². The SMILES string of the molecule is [C-]#[N+]C1(Cc2ccc(F)cc2)CCN(C(=O)C2CNc3cc(Cl)c(-n4cccn4)cc3O2)CC1. The number of fused-ring (bicyclic) bond motifs is 1. The lowest BCUT2D eigenvalue weighted by Gasteiger charge is -2.37. The first-order valence-electron chi connectivity index (χ1n) is 11.1. The van der Waals surface area contributed by atoms with Crippen molar-refractivity contribution in [2.75, 3.05) is 25.0 Å². The predicted molar refractivity (Wildman–Crippen MR) is 127 cm³/mol. The van der Waals surface area contributed by atoms with E-state index in [1.165, 1.54) is 12.1 Å². The number of piperidine rings is 1. The minimum absolute atomic E-state index is 0.103. The zero-order chi connectivity index (χ0) is 23.7. The highest BCUT2D eigenvalue weighted by molar-refractivity contribution is 6.32. The molecule has 2 aliphatic heterocycles. The van der Waals surface area contributed by atoms with Gasteiger partial charge in [0.25, 0.3) is 5.91 Å². The van der Waals surface area contributed by atoms with Gasteiger partial charge >= 0.3 is 0 Å². The second kappa shape index (κ2) is 8.99. The van der Waals surface area contributed by atoms with Crippen LogP contribution in [0.5, 0.6) is 5.75 Å². The second-order valence-corrected chi connectivity index (χ2v) is 9.11. The topological polar surface area (TPSA) is 63.8 Å². The van der Waals surface area contributed by atoms with E-state index in [0.717, 1.165) is 11.3 Å².